The monoisotopic (exact) mass is 875 g/mol. The molecule has 0 unspecified atom stereocenters. The molecule has 0 saturated heterocycles. The predicted octanol–water partition coefficient (Wildman–Crippen LogP) is 17.9. The summed E-state index contributed by atoms with van der Waals surface area (Å²) >= 11 is 0. The highest BCUT2D eigenvalue weighted by atomic mass is 16.5. The molecule has 5 heteroatoms. The number of aryl methyl sites for hydroxylation is 3. The molecule has 0 saturated carbocycles. The van der Waals surface area contributed by atoms with E-state index in [0.717, 1.165) is 49.2 Å². The van der Waals surface area contributed by atoms with Gasteiger partial charge in [0.05, 0.1) is 18.0 Å². The summed E-state index contributed by atoms with van der Waals surface area (Å²) in [5, 5.41) is 6.85. The van der Waals surface area contributed by atoms with E-state index in [1.54, 1.807) is 24.6 Å². The smallest absolute Gasteiger partial charge is 0.187 e. The van der Waals surface area contributed by atoms with Crippen LogP contribution in [-0.4, -0.2) is 18.2 Å². The van der Waals surface area contributed by atoms with Gasteiger partial charge in [-0.2, -0.15) is 0 Å². The van der Waals surface area contributed by atoms with Gasteiger partial charge in [0, 0.05) is 41.7 Å². The lowest BCUT2D eigenvalue weighted by Crippen LogP contribution is -2.05. The third kappa shape index (κ3) is 24.2. The molecule has 0 aromatic heterocycles. The first kappa shape index (κ1) is 54.2. The molecule has 0 amide bonds. The minimum atomic E-state index is -0.0430. The summed E-state index contributed by atoms with van der Waals surface area (Å²) < 4.78 is 6.54. The van der Waals surface area contributed by atoms with Crippen LogP contribution in [0.25, 0.3) is 0 Å². The Morgan fingerprint density at radius 3 is 1.17 bits per heavy atom. The summed E-state index contributed by atoms with van der Waals surface area (Å²) in [4.78, 5) is 26.7. The van der Waals surface area contributed by atoms with E-state index >= 15 is 0 Å². The number of hydrogen-bond donors (Lipinski definition) is 2. The molecule has 0 aliphatic rings. The predicted molar refractivity (Wildman–Crippen MR) is 277 cm³/mol. The van der Waals surface area contributed by atoms with Crippen molar-refractivity contribution in [3.05, 3.63) is 113 Å². The van der Waals surface area contributed by atoms with Crippen molar-refractivity contribution < 1.29 is 14.3 Å². The van der Waals surface area contributed by atoms with Crippen molar-refractivity contribution >= 4 is 22.9 Å². The van der Waals surface area contributed by atoms with Gasteiger partial charge in [0.15, 0.2) is 11.6 Å². The number of unbranched alkanes of at least 4 members (excludes halogenated alkanes) is 23. The maximum atomic E-state index is 13.3. The quantitative estimate of drug-likeness (QED) is 0.0338. The number of ether oxygens (including phenoxy) is 1. The Balaban J connectivity index is 1.73. The van der Waals surface area contributed by atoms with E-state index in [9.17, 15) is 9.59 Å². The molecule has 2 N–H and O–H groups in total. The van der Waals surface area contributed by atoms with Gasteiger partial charge in [0.25, 0.3) is 0 Å². The molecule has 0 aliphatic carbocycles. The van der Waals surface area contributed by atoms with Crippen LogP contribution in [0.1, 0.15) is 238 Å². The summed E-state index contributed by atoms with van der Waals surface area (Å²) in [5.41, 5.74) is 6.74. The lowest BCUT2D eigenvalue weighted by atomic mass is 10.0. The molecule has 3 rings (SSSR count). The molecule has 0 fully saturated rings. The molecule has 354 valence electrons. The second kappa shape index (κ2) is 36.1. The maximum Gasteiger partial charge on any atom is 0.187 e. The van der Waals surface area contributed by atoms with Crippen LogP contribution in [-0.2, 0) is 19.3 Å². The average Bonchev–Trinajstić information content (AvgIpc) is 3.31. The zero-order chi connectivity index (χ0) is 45.7. The van der Waals surface area contributed by atoms with Crippen LogP contribution in [0.15, 0.2) is 85.2 Å². The number of hydrogen-bond acceptors (Lipinski definition) is 5. The molecule has 3 aromatic rings. The molecule has 0 aliphatic heterocycles. The summed E-state index contributed by atoms with van der Waals surface area (Å²) in [6.07, 6.45) is 43.9. The van der Waals surface area contributed by atoms with Gasteiger partial charge in [-0.3, -0.25) is 9.59 Å². The van der Waals surface area contributed by atoms with Gasteiger partial charge in [-0.25, -0.2) is 0 Å². The molecule has 0 atom stereocenters. The summed E-state index contributed by atoms with van der Waals surface area (Å²) in [6.45, 7) is 9.72. The molecule has 0 bridgehead atoms. The zero-order valence-electron chi connectivity index (χ0n) is 41.2. The highest BCUT2D eigenvalue weighted by Crippen LogP contribution is 2.33. The van der Waals surface area contributed by atoms with Gasteiger partial charge < -0.3 is 15.4 Å². The van der Waals surface area contributed by atoms with Crippen LogP contribution >= 0.6 is 0 Å². The lowest BCUT2D eigenvalue weighted by molar-refractivity contribution is 0.103. The van der Waals surface area contributed by atoms with Crippen molar-refractivity contribution in [3.8, 4) is 5.75 Å². The average molecular weight is 875 g/mol. The van der Waals surface area contributed by atoms with Crippen LogP contribution in [0.2, 0.25) is 0 Å². The molecule has 64 heavy (non-hydrogen) atoms. The first-order valence-electron chi connectivity index (χ1n) is 26.4. The SMILES string of the molecule is CCCCCCCCCc1ccc(C(=O)/C=C\Nc2cc(CCCCCCCCC)c(OCCCCCCCC)cc2N/C=C\C(=O)c2ccc(CCCCCCCCC)cc2)cc1. The van der Waals surface area contributed by atoms with Crippen molar-refractivity contribution in [2.75, 3.05) is 17.2 Å². The number of ketones is 2. The maximum absolute atomic E-state index is 13.3. The highest BCUT2D eigenvalue weighted by Gasteiger charge is 2.12. The summed E-state index contributed by atoms with van der Waals surface area (Å²) in [7, 11) is 0. The Hall–Kier alpha value is -4.12. The molecule has 5 nitrogen and oxygen atoms in total. The Labute approximate surface area is 392 Å². The van der Waals surface area contributed by atoms with E-state index in [-0.39, 0.29) is 11.6 Å². The minimum absolute atomic E-state index is 0.0365. The standard InChI is InChI=1S/C59H90N2O3/c1-5-9-13-17-21-24-28-32-50-35-39-52(40-36-50)57(62)43-45-60-55-48-54(34-30-26-23-19-15-11-7-3)59(64-47-31-27-20-16-12-8-4)49-56(55)61-46-44-58(63)53-41-37-51(38-42-53)33-29-25-22-18-14-10-6-2/h35-46,48-49,60-61H,5-34,47H2,1-4H3/b45-43-,46-44-. The number of rotatable bonds is 40. The number of carbonyl (C=O) groups is 2. The highest BCUT2D eigenvalue weighted by molar-refractivity contribution is 6.05. The van der Waals surface area contributed by atoms with Crippen LogP contribution in [0.5, 0.6) is 5.75 Å². The fraction of sp³-hybridized carbons (Fsp3) is 0.593. The van der Waals surface area contributed by atoms with E-state index < -0.39 is 0 Å². The van der Waals surface area contributed by atoms with Gasteiger partial charge in [-0.1, -0.05) is 224 Å². The van der Waals surface area contributed by atoms with E-state index in [1.165, 1.54) is 177 Å². The van der Waals surface area contributed by atoms with Crippen LogP contribution < -0.4 is 15.4 Å². The van der Waals surface area contributed by atoms with Gasteiger partial charge >= 0.3 is 0 Å². The van der Waals surface area contributed by atoms with Gasteiger partial charge in [0.1, 0.15) is 5.75 Å². The van der Waals surface area contributed by atoms with Gasteiger partial charge in [-0.15, -0.1) is 0 Å². The molecule has 3 aromatic carbocycles. The Morgan fingerprint density at radius 1 is 0.422 bits per heavy atom. The summed E-state index contributed by atoms with van der Waals surface area (Å²) in [5.74, 6) is 0.810. The van der Waals surface area contributed by atoms with Crippen molar-refractivity contribution in [3.63, 3.8) is 0 Å². The molecule has 0 radical (unpaired) electrons. The molecular weight excluding hydrogens is 785 g/mol. The Morgan fingerprint density at radius 2 is 0.766 bits per heavy atom. The number of carbonyl (C=O) groups excluding carboxylic acids is 2. The van der Waals surface area contributed by atoms with Crippen LogP contribution in [0.4, 0.5) is 11.4 Å². The number of benzene rings is 3. The topological polar surface area (TPSA) is 67.4 Å². The Bertz CT molecular complexity index is 1580. The zero-order valence-corrected chi connectivity index (χ0v) is 41.2. The van der Waals surface area contributed by atoms with Crippen molar-refractivity contribution in [2.24, 2.45) is 0 Å². The normalized spacial score (nSPS) is 11.5. The fourth-order valence-electron chi connectivity index (χ4n) is 8.38. The van der Waals surface area contributed by atoms with E-state index in [4.69, 9.17) is 4.74 Å². The fourth-order valence-corrected chi connectivity index (χ4v) is 8.38. The van der Waals surface area contributed by atoms with Crippen molar-refractivity contribution in [1.82, 2.24) is 0 Å². The van der Waals surface area contributed by atoms with Gasteiger partial charge in [0.2, 0.25) is 0 Å². The first-order valence-corrected chi connectivity index (χ1v) is 26.4. The number of allylic oxidation sites excluding steroid dienone is 2. The largest absolute Gasteiger partial charge is 0.493 e. The van der Waals surface area contributed by atoms with E-state index in [0.29, 0.717) is 17.7 Å². The third-order valence-electron chi connectivity index (χ3n) is 12.6. The Kier molecular flexibility index (Phi) is 30.6. The minimum Gasteiger partial charge on any atom is -0.493 e. The summed E-state index contributed by atoms with van der Waals surface area (Å²) in [6, 6.07) is 20.5. The molecule has 0 heterocycles. The first-order chi connectivity index (χ1) is 31.5. The second-order valence-electron chi connectivity index (χ2n) is 18.3. The van der Waals surface area contributed by atoms with Crippen molar-refractivity contribution in [1.29, 1.82) is 0 Å². The lowest BCUT2D eigenvalue weighted by Gasteiger charge is -2.17. The second-order valence-corrected chi connectivity index (χ2v) is 18.3. The molecular formula is C59H90N2O3. The number of nitrogens with one attached hydrogen (secondary N) is 2. The van der Waals surface area contributed by atoms with Crippen LogP contribution in [0.3, 0.4) is 0 Å². The van der Waals surface area contributed by atoms with Crippen molar-refractivity contribution in [2.45, 2.75) is 220 Å². The molecule has 0 spiro atoms. The van der Waals surface area contributed by atoms with E-state index in [1.807, 2.05) is 24.3 Å². The third-order valence-corrected chi connectivity index (χ3v) is 12.6. The van der Waals surface area contributed by atoms with E-state index in [2.05, 4.69) is 74.7 Å². The van der Waals surface area contributed by atoms with Crippen LogP contribution in [0, 0.1) is 0 Å². The number of anilines is 2. The van der Waals surface area contributed by atoms with Gasteiger partial charge in [-0.05, 0) is 67.7 Å².